The number of nitrogens with one attached hydrogen (secondary N) is 1. The Morgan fingerprint density at radius 2 is 1.38 bits per heavy atom. The first-order valence-electron chi connectivity index (χ1n) is 13.1. The van der Waals surface area contributed by atoms with E-state index in [1.807, 2.05) is 0 Å². The topological polar surface area (TPSA) is 332 Å². The highest BCUT2D eigenvalue weighted by atomic mass is 16.7. The van der Waals surface area contributed by atoms with E-state index < -0.39 is 110 Å². The van der Waals surface area contributed by atoms with Crippen LogP contribution in [0.3, 0.4) is 0 Å². The van der Waals surface area contributed by atoms with Crippen LogP contribution in [0.1, 0.15) is 12.8 Å². The fourth-order valence-electron chi connectivity index (χ4n) is 5.09. The molecule has 234 valence electrons. The molecule has 1 aliphatic carbocycles. The number of carbonyl (C=O) groups is 1. The highest BCUT2D eigenvalue weighted by Gasteiger charge is 2.52. The summed E-state index contributed by atoms with van der Waals surface area (Å²) in [6, 6.07) is -3.32. The Bertz CT molecular complexity index is 817. The molecule has 0 aromatic heterocycles. The van der Waals surface area contributed by atoms with Gasteiger partial charge in [0, 0.05) is 18.6 Å². The zero-order valence-corrected chi connectivity index (χ0v) is 21.7. The average Bonchev–Trinajstić information content (AvgIpc) is 2.92. The van der Waals surface area contributed by atoms with Gasteiger partial charge in [0.25, 0.3) is 0 Å². The summed E-state index contributed by atoms with van der Waals surface area (Å²) in [5, 5.41) is 85.0. The molecule has 0 radical (unpaired) electrons. The smallest absolute Gasteiger partial charge is 0.249 e. The number of aliphatic hydroxyl groups is 8. The van der Waals surface area contributed by atoms with Crippen molar-refractivity contribution in [2.75, 3.05) is 19.7 Å². The second-order valence-electron chi connectivity index (χ2n) is 10.3. The first-order chi connectivity index (χ1) is 18.9. The molecular weight excluding hydrogens is 542 g/mol. The Morgan fingerprint density at radius 1 is 0.825 bits per heavy atom. The number of hydrogen-bond donors (Lipinski definition) is 13. The van der Waals surface area contributed by atoms with E-state index in [-0.39, 0.29) is 25.9 Å². The van der Waals surface area contributed by atoms with Crippen molar-refractivity contribution < 1.29 is 64.6 Å². The lowest BCUT2D eigenvalue weighted by Crippen LogP contribution is -2.69. The number of aliphatic hydroxyl groups excluding tert-OH is 8. The van der Waals surface area contributed by atoms with Gasteiger partial charge in [-0.15, -0.1) is 0 Å². The van der Waals surface area contributed by atoms with Crippen LogP contribution in [0.25, 0.3) is 0 Å². The highest BCUT2D eigenvalue weighted by molar-refractivity contribution is 5.80. The molecule has 3 aliphatic rings. The molecule has 0 aromatic carbocycles. The average molecular weight is 586 g/mol. The summed E-state index contributed by atoms with van der Waals surface area (Å²) in [6.07, 6.45) is -19.7. The van der Waals surface area contributed by atoms with E-state index in [9.17, 15) is 45.6 Å². The predicted molar refractivity (Wildman–Crippen MR) is 131 cm³/mol. The van der Waals surface area contributed by atoms with Crippen molar-refractivity contribution in [3.05, 3.63) is 0 Å². The van der Waals surface area contributed by atoms with Gasteiger partial charge in [0.15, 0.2) is 12.6 Å². The van der Waals surface area contributed by atoms with Crippen LogP contribution in [-0.2, 0) is 23.7 Å². The summed E-state index contributed by atoms with van der Waals surface area (Å²) in [4.78, 5) is 12.3. The van der Waals surface area contributed by atoms with Gasteiger partial charge in [0.05, 0.1) is 12.6 Å². The van der Waals surface area contributed by atoms with Crippen LogP contribution in [-0.4, -0.2) is 164 Å². The Morgan fingerprint density at radius 3 is 1.90 bits per heavy atom. The Balaban J connectivity index is 1.75. The standard InChI is InChI=1S/C22H43N5O13/c23-2-1-8(29)20(36)27-11-12(30)10(5-28)38-21(14(11)32)39-18-6(25)3-7(26)19(17(18)35)40-22-16(34)15(33)13(31)9(4-24)37-22/h6-19,21-22,28-35H,1-5,23-26H2,(H,27,36)/t6-,7+,8+,9-,10-,11+,12-,13-,14-,15+,16-,17-,18+,19-,21-,22-/m1/s1. The predicted octanol–water partition coefficient (Wildman–Crippen LogP) is -8.42. The first-order valence-corrected chi connectivity index (χ1v) is 13.1. The number of nitrogens with two attached hydrogens (primary N) is 4. The summed E-state index contributed by atoms with van der Waals surface area (Å²) in [5.74, 6) is -0.936. The molecule has 2 heterocycles. The Kier molecular flexibility index (Phi) is 11.9. The van der Waals surface area contributed by atoms with Crippen molar-refractivity contribution >= 4 is 5.91 Å². The Hall–Kier alpha value is -1.17. The molecule has 0 aromatic rings. The lowest BCUT2D eigenvalue weighted by atomic mass is 9.84. The molecule has 3 fully saturated rings. The number of ether oxygens (including phenoxy) is 4. The molecule has 0 unspecified atom stereocenters. The van der Waals surface area contributed by atoms with Crippen molar-refractivity contribution in [3.8, 4) is 0 Å². The molecule has 3 rings (SSSR count). The molecule has 1 amide bonds. The highest BCUT2D eigenvalue weighted by Crippen LogP contribution is 2.31. The fourth-order valence-corrected chi connectivity index (χ4v) is 5.09. The lowest BCUT2D eigenvalue weighted by Gasteiger charge is -2.48. The number of rotatable bonds is 10. The molecule has 0 bridgehead atoms. The van der Waals surface area contributed by atoms with Crippen LogP contribution in [0.15, 0.2) is 0 Å². The zero-order valence-electron chi connectivity index (χ0n) is 21.7. The molecular formula is C22H43N5O13. The molecule has 17 N–H and O–H groups in total. The molecule has 2 saturated heterocycles. The van der Waals surface area contributed by atoms with E-state index in [1.54, 1.807) is 0 Å². The van der Waals surface area contributed by atoms with E-state index in [2.05, 4.69) is 5.32 Å². The minimum Gasteiger partial charge on any atom is -0.394 e. The number of carbonyl (C=O) groups excluding carboxylic acids is 1. The third-order valence-corrected chi connectivity index (χ3v) is 7.48. The lowest BCUT2D eigenvalue weighted by molar-refractivity contribution is -0.332. The molecule has 18 nitrogen and oxygen atoms in total. The third-order valence-electron chi connectivity index (χ3n) is 7.48. The molecule has 16 atom stereocenters. The van der Waals surface area contributed by atoms with Gasteiger partial charge in [-0.3, -0.25) is 4.79 Å². The van der Waals surface area contributed by atoms with E-state index >= 15 is 0 Å². The minimum absolute atomic E-state index is 0.00101. The largest absolute Gasteiger partial charge is 0.394 e. The van der Waals surface area contributed by atoms with Gasteiger partial charge in [-0.2, -0.15) is 0 Å². The third kappa shape index (κ3) is 7.06. The van der Waals surface area contributed by atoms with Crippen LogP contribution in [0.5, 0.6) is 0 Å². The van der Waals surface area contributed by atoms with E-state index in [0.29, 0.717) is 0 Å². The number of amides is 1. The summed E-state index contributed by atoms with van der Waals surface area (Å²) in [6.45, 7) is -0.957. The van der Waals surface area contributed by atoms with Gasteiger partial charge in [-0.1, -0.05) is 0 Å². The van der Waals surface area contributed by atoms with Gasteiger partial charge < -0.3 is 88.1 Å². The minimum atomic E-state index is -1.76. The van der Waals surface area contributed by atoms with Gasteiger partial charge in [-0.25, -0.2) is 0 Å². The SMILES string of the molecule is NCC[C@H](O)C(=O)N[C@@H]1[C@@H](O)[C@@H](O[C@@H]2[C@@H](O)[C@H](O[C@H]3O[C@H](CN)[C@@H](O)[C@H](O)[C@H]3O)[C@@H](N)C[C@H]2N)O[C@H](CO)[C@H]1O. The maximum Gasteiger partial charge on any atom is 0.249 e. The van der Waals surface area contributed by atoms with Crippen LogP contribution >= 0.6 is 0 Å². The summed E-state index contributed by atoms with van der Waals surface area (Å²) in [5.41, 5.74) is 23.2. The van der Waals surface area contributed by atoms with Crippen LogP contribution in [0.2, 0.25) is 0 Å². The number of hydrogen-bond acceptors (Lipinski definition) is 17. The van der Waals surface area contributed by atoms with Crippen molar-refractivity contribution in [3.63, 3.8) is 0 Å². The first kappa shape index (κ1) is 33.3. The van der Waals surface area contributed by atoms with Crippen LogP contribution in [0, 0.1) is 0 Å². The molecule has 18 heteroatoms. The molecule has 2 aliphatic heterocycles. The summed E-state index contributed by atoms with van der Waals surface area (Å²) < 4.78 is 22.4. The van der Waals surface area contributed by atoms with E-state index in [1.165, 1.54) is 0 Å². The van der Waals surface area contributed by atoms with Crippen molar-refractivity contribution in [1.82, 2.24) is 5.32 Å². The summed E-state index contributed by atoms with van der Waals surface area (Å²) >= 11 is 0. The fraction of sp³-hybridized carbons (Fsp3) is 0.955. The van der Waals surface area contributed by atoms with Crippen LogP contribution < -0.4 is 28.3 Å². The monoisotopic (exact) mass is 585 g/mol. The normalized spacial score (nSPS) is 47.0. The van der Waals surface area contributed by atoms with Gasteiger partial charge in [-0.05, 0) is 19.4 Å². The Labute approximate surface area is 229 Å². The maximum absolute atomic E-state index is 12.3. The zero-order chi connectivity index (χ0) is 29.9. The maximum atomic E-state index is 12.3. The molecule has 0 spiro atoms. The molecule has 40 heavy (non-hydrogen) atoms. The summed E-state index contributed by atoms with van der Waals surface area (Å²) in [7, 11) is 0. The van der Waals surface area contributed by atoms with Crippen molar-refractivity contribution in [2.45, 2.75) is 111 Å². The molecule has 1 saturated carbocycles. The van der Waals surface area contributed by atoms with Crippen molar-refractivity contribution in [1.29, 1.82) is 0 Å². The van der Waals surface area contributed by atoms with Crippen molar-refractivity contribution in [2.24, 2.45) is 22.9 Å². The van der Waals surface area contributed by atoms with E-state index in [4.69, 9.17) is 41.9 Å². The second kappa shape index (κ2) is 14.3. The van der Waals surface area contributed by atoms with Gasteiger partial charge in [0.2, 0.25) is 5.91 Å². The van der Waals surface area contributed by atoms with Crippen LogP contribution in [0.4, 0.5) is 0 Å². The van der Waals surface area contributed by atoms with Gasteiger partial charge in [0.1, 0.15) is 67.1 Å². The van der Waals surface area contributed by atoms with Gasteiger partial charge >= 0.3 is 0 Å². The quantitative estimate of drug-likeness (QED) is 0.113. The second-order valence-corrected chi connectivity index (χ2v) is 10.3. The van der Waals surface area contributed by atoms with E-state index in [0.717, 1.165) is 0 Å².